The molecule has 5 rings (SSSR count). The number of H-pyrrole nitrogens is 1. The van der Waals surface area contributed by atoms with E-state index in [0.29, 0.717) is 16.7 Å². The number of benzene rings is 3. The zero-order valence-corrected chi connectivity index (χ0v) is 30.9. The Morgan fingerprint density at radius 2 is 1.21 bits per heavy atom. The molecule has 1 aliphatic heterocycles. The number of carbonyl (C=O) groups is 7. The van der Waals surface area contributed by atoms with Crippen LogP contribution in [0.2, 0.25) is 0 Å². The molecule has 0 aliphatic carbocycles. The number of aliphatic hydroxyl groups excluding tert-OH is 1. The minimum absolute atomic E-state index is 0.00562. The largest absolute Gasteiger partial charge is 0.508 e. The van der Waals surface area contributed by atoms with Crippen LogP contribution in [0.15, 0.2) is 85.1 Å². The van der Waals surface area contributed by atoms with Gasteiger partial charge in [0.25, 0.3) is 5.91 Å². The molecule has 5 atom stereocenters. The molecule has 0 saturated carbocycles. The number of aliphatic hydroxyl groups is 1. The van der Waals surface area contributed by atoms with Gasteiger partial charge in [-0.25, -0.2) is 5.48 Å². The second-order valence-corrected chi connectivity index (χ2v) is 13.4. The molecule has 7 amide bonds. The Balaban J connectivity index is 1.41. The van der Waals surface area contributed by atoms with Gasteiger partial charge in [-0.1, -0.05) is 60.7 Å². The Morgan fingerprint density at radius 1 is 0.614 bits per heavy atom. The van der Waals surface area contributed by atoms with E-state index in [9.17, 15) is 43.8 Å². The molecule has 0 bridgehead atoms. The Labute approximate surface area is 326 Å². The van der Waals surface area contributed by atoms with Gasteiger partial charge >= 0.3 is 0 Å². The molecule has 4 aromatic rings. The molecule has 1 aliphatic rings. The molecule has 0 radical (unpaired) electrons. The molecule has 18 nitrogen and oxygen atoms in total. The number of nitrogens with one attached hydrogen (secondary N) is 8. The van der Waals surface area contributed by atoms with Gasteiger partial charge < -0.3 is 47.1 Å². The predicted octanol–water partition coefficient (Wildman–Crippen LogP) is -1.48. The number of aromatic nitrogens is 1. The standard InChI is InChI=1S/C39H44N8O10/c1-22-35(52)45-31(17-25-18-40-28-10-6-5-9-27(25)28)36(53)41-19-33(50)43-30(15-23-7-3-2-4-8-23)39(56)47-57-21-34(51)44-29(16-24-11-13-26(49)14-12-24)37(54)46-32(20-48)38(55)42-22/h2-14,18,22,29-32,40,48-49H,15-17,19-21H2,1H3,(H,41,53)(H,42,55)(H,43,50)(H,44,51)(H,45,52)(H,46,54)(H,47,56)/t22-,29-,30-,31-,32-/m0/s1. The minimum atomic E-state index is -1.58. The molecule has 2 heterocycles. The first-order valence-corrected chi connectivity index (χ1v) is 18.1. The van der Waals surface area contributed by atoms with E-state index in [-0.39, 0.29) is 25.0 Å². The molecule has 3 aromatic carbocycles. The number of carbonyl (C=O) groups excluding carboxylic acids is 7. The Kier molecular flexibility index (Phi) is 14.3. The van der Waals surface area contributed by atoms with E-state index >= 15 is 0 Å². The first-order valence-electron chi connectivity index (χ1n) is 18.1. The van der Waals surface area contributed by atoms with Crippen molar-refractivity contribution in [3.8, 4) is 5.75 Å². The lowest BCUT2D eigenvalue weighted by atomic mass is 10.0. The molecular formula is C39H44N8O10. The summed E-state index contributed by atoms with van der Waals surface area (Å²) in [5.74, 6) is -5.87. The highest BCUT2D eigenvalue weighted by molar-refractivity contribution is 5.97. The van der Waals surface area contributed by atoms with Gasteiger partial charge in [0.1, 0.15) is 36.0 Å². The van der Waals surface area contributed by atoms with Crippen LogP contribution in [-0.2, 0) is 57.7 Å². The molecule has 57 heavy (non-hydrogen) atoms. The fourth-order valence-electron chi connectivity index (χ4n) is 6.02. The Hall–Kier alpha value is -6.79. The Morgan fingerprint density at radius 3 is 1.93 bits per heavy atom. The maximum atomic E-state index is 13.6. The van der Waals surface area contributed by atoms with Crippen LogP contribution in [0.1, 0.15) is 23.6 Å². The van der Waals surface area contributed by atoms with Crippen LogP contribution in [-0.4, -0.2) is 107 Å². The fourth-order valence-corrected chi connectivity index (χ4v) is 6.02. The number of aromatic amines is 1. The van der Waals surface area contributed by atoms with Gasteiger partial charge in [-0.05, 0) is 41.8 Å². The summed E-state index contributed by atoms with van der Waals surface area (Å²) in [6, 6.07) is 15.1. The summed E-state index contributed by atoms with van der Waals surface area (Å²) in [7, 11) is 0. The van der Waals surface area contributed by atoms with Crippen molar-refractivity contribution in [3.05, 3.63) is 102 Å². The van der Waals surface area contributed by atoms with E-state index in [0.717, 1.165) is 10.9 Å². The van der Waals surface area contributed by atoms with Gasteiger partial charge in [0.05, 0.1) is 13.2 Å². The summed E-state index contributed by atoms with van der Waals surface area (Å²) in [5, 5.41) is 35.5. The van der Waals surface area contributed by atoms with Crippen LogP contribution in [0.4, 0.5) is 0 Å². The number of para-hydroxylation sites is 1. The van der Waals surface area contributed by atoms with Crippen molar-refractivity contribution < 1.29 is 48.6 Å². The van der Waals surface area contributed by atoms with E-state index < -0.39 is 91.3 Å². The fraction of sp³-hybridized carbons (Fsp3) is 0.308. The SMILES string of the molecule is C[C@@H]1NC(=O)[C@H](CO)NC(=O)[C@H](Cc2ccc(O)cc2)NC(=O)CONC(=O)[C@H](Cc2ccccc2)NC(=O)CNC(=O)[C@H](Cc2c[nH]c3ccccc23)NC1=O. The summed E-state index contributed by atoms with van der Waals surface area (Å²) in [5.41, 5.74) is 4.78. The molecule has 1 aromatic heterocycles. The normalized spacial score (nSPS) is 22.4. The van der Waals surface area contributed by atoms with Crippen molar-refractivity contribution in [2.75, 3.05) is 19.8 Å². The lowest BCUT2D eigenvalue weighted by molar-refractivity contribution is -0.143. The molecule has 18 heteroatoms. The van der Waals surface area contributed by atoms with Crippen molar-refractivity contribution in [1.29, 1.82) is 0 Å². The van der Waals surface area contributed by atoms with Crippen molar-refractivity contribution in [2.24, 2.45) is 0 Å². The molecule has 1 fully saturated rings. The van der Waals surface area contributed by atoms with E-state index in [1.54, 1.807) is 36.5 Å². The van der Waals surface area contributed by atoms with Crippen molar-refractivity contribution in [3.63, 3.8) is 0 Å². The summed E-state index contributed by atoms with van der Waals surface area (Å²) in [6.07, 6.45) is 1.54. The molecule has 300 valence electrons. The second kappa shape index (κ2) is 19.7. The van der Waals surface area contributed by atoms with E-state index in [1.165, 1.54) is 31.2 Å². The molecular weight excluding hydrogens is 740 g/mol. The van der Waals surface area contributed by atoms with Crippen LogP contribution in [0.5, 0.6) is 5.75 Å². The number of amides is 7. The van der Waals surface area contributed by atoms with Crippen molar-refractivity contribution in [1.82, 2.24) is 42.4 Å². The van der Waals surface area contributed by atoms with Crippen LogP contribution >= 0.6 is 0 Å². The third kappa shape index (κ3) is 11.8. The smallest absolute Gasteiger partial charge is 0.266 e. The lowest BCUT2D eigenvalue weighted by Gasteiger charge is -2.25. The maximum Gasteiger partial charge on any atom is 0.266 e. The van der Waals surface area contributed by atoms with Crippen LogP contribution in [0, 0.1) is 0 Å². The number of fused-ring (bicyclic) bond motifs is 1. The monoisotopic (exact) mass is 784 g/mol. The van der Waals surface area contributed by atoms with Crippen molar-refractivity contribution in [2.45, 2.75) is 56.4 Å². The van der Waals surface area contributed by atoms with Crippen molar-refractivity contribution >= 4 is 52.3 Å². The van der Waals surface area contributed by atoms with Gasteiger partial charge in [0, 0.05) is 36.4 Å². The molecule has 10 N–H and O–H groups in total. The Bertz CT molecular complexity index is 2070. The maximum absolute atomic E-state index is 13.6. The zero-order chi connectivity index (χ0) is 40.9. The highest BCUT2D eigenvalue weighted by Gasteiger charge is 2.31. The first-order chi connectivity index (χ1) is 27.4. The highest BCUT2D eigenvalue weighted by atomic mass is 16.7. The third-order valence-electron chi connectivity index (χ3n) is 9.06. The summed E-state index contributed by atoms with van der Waals surface area (Å²) >= 11 is 0. The topological polar surface area (TPSA) is 269 Å². The van der Waals surface area contributed by atoms with E-state index in [1.807, 2.05) is 24.3 Å². The summed E-state index contributed by atoms with van der Waals surface area (Å²) in [6.45, 7) is -0.921. The minimum Gasteiger partial charge on any atom is -0.508 e. The first kappa shape index (κ1) is 41.4. The zero-order valence-electron chi connectivity index (χ0n) is 30.9. The van der Waals surface area contributed by atoms with Gasteiger partial charge in [-0.2, -0.15) is 0 Å². The number of phenolic OH excluding ortho intramolecular Hbond substituents is 1. The molecule has 0 unspecified atom stereocenters. The van der Waals surface area contributed by atoms with Gasteiger partial charge in [-0.3, -0.25) is 38.4 Å². The predicted molar refractivity (Wildman–Crippen MR) is 203 cm³/mol. The number of phenols is 1. The number of rotatable bonds is 7. The summed E-state index contributed by atoms with van der Waals surface area (Å²) in [4.78, 5) is 102. The average molecular weight is 785 g/mol. The lowest BCUT2D eigenvalue weighted by Crippen LogP contribution is -2.59. The second-order valence-electron chi connectivity index (χ2n) is 13.4. The number of hydrogen-bond donors (Lipinski definition) is 10. The van der Waals surface area contributed by atoms with Crippen LogP contribution in [0.25, 0.3) is 10.9 Å². The third-order valence-corrected chi connectivity index (χ3v) is 9.06. The van der Waals surface area contributed by atoms with E-state index in [4.69, 9.17) is 4.84 Å². The van der Waals surface area contributed by atoms with Gasteiger partial charge in [-0.15, -0.1) is 0 Å². The van der Waals surface area contributed by atoms with E-state index in [2.05, 4.69) is 42.4 Å². The average Bonchev–Trinajstić information content (AvgIpc) is 3.61. The number of hydroxylamine groups is 1. The quantitative estimate of drug-likeness (QED) is 0.104. The highest BCUT2D eigenvalue weighted by Crippen LogP contribution is 2.19. The number of aromatic hydroxyl groups is 1. The molecule has 0 spiro atoms. The van der Waals surface area contributed by atoms with Gasteiger partial charge in [0.15, 0.2) is 6.61 Å². The van der Waals surface area contributed by atoms with Gasteiger partial charge in [0.2, 0.25) is 35.4 Å². The van der Waals surface area contributed by atoms with Crippen LogP contribution in [0.3, 0.4) is 0 Å². The van der Waals surface area contributed by atoms with Crippen LogP contribution < -0.4 is 37.4 Å². The number of hydrogen-bond acceptors (Lipinski definition) is 10. The molecule has 1 saturated heterocycles. The summed E-state index contributed by atoms with van der Waals surface area (Å²) < 4.78 is 0.